The van der Waals surface area contributed by atoms with Crippen LogP contribution in [-0.2, 0) is 26.1 Å². The second kappa shape index (κ2) is 11.2. The van der Waals surface area contributed by atoms with Crippen molar-refractivity contribution in [3.63, 3.8) is 0 Å². The normalized spacial score (nSPS) is 11.8. The Hall–Kier alpha value is -2.22. The summed E-state index contributed by atoms with van der Waals surface area (Å²) in [6.07, 6.45) is 0.817. The number of hydrogen-bond donors (Lipinski definition) is 1. The van der Waals surface area contributed by atoms with Crippen molar-refractivity contribution in [3.05, 3.63) is 65.2 Å². The van der Waals surface area contributed by atoms with E-state index in [2.05, 4.69) is 5.32 Å². The number of amides is 1. The Morgan fingerprint density at radius 3 is 2.40 bits per heavy atom. The minimum absolute atomic E-state index is 0.127. The van der Waals surface area contributed by atoms with Gasteiger partial charge in [-0.1, -0.05) is 47.5 Å². The number of benzene rings is 2. The van der Waals surface area contributed by atoms with Gasteiger partial charge in [0.05, 0.1) is 17.5 Å². The maximum absolute atomic E-state index is 13.2. The fourth-order valence-corrected chi connectivity index (χ4v) is 4.32. The van der Waals surface area contributed by atoms with Crippen molar-refractivity contribution in [1.29, 1.82) is 0 Å². The molecule has 2 aromatic carbocycles. The van der Waals surface area contributed by atoms with Crippen LogP contribution in [0.25, 0.3) is 0 Å². The number of rotatable bonds is 11. The van der Waals surface area contributed by atoms with E-state index in [1.54, 1.807) is 24.3 Å². The lowest BCUT2D eigenvalue weighted by Crippen LogP contribution is -2.40. The van der Waals surface area contributed by atoms with Crippen LogP contribution in [0.3, 0.4) is 0 Å². The quantitative estimate of drug-likeness (QED) is 0.552. The van der Waals surface area contributed by atoms with E-state index in [9.17, 15) is 13.2 Å². The molecule has 0 radical (unpaired) electrons. The molecule has 1 N–H and O–H groups in total. The topological polar surface area (TPSA) is 75.7 Å². The zero-order valence-electron chi connectivity index (χ0n) is 18.2. The fourth-order valence-electron chi connectivity index (χ4n) is 2.93. The predicted octanol–water partition coefficient (Wildman–Crippen LogP) is 3.43. The van der Waals surface area contributed by atoms with Crippen molar-refractivity contribution in [3.8, 4) is 0 Å². The summed E-state index contributed by atoms with van der Waals surface area (Å²) in [6.45, 7) is 8.64. The zero-order valence-corrected chi connectivity index (χ0v) is 19.0. The first-order valence-corrected chi connectivity index (χ1v) is 11.6. The third-order valence-electron chi connectivity index (χ3n) is 4.51. The Kier molecular flexibility index (Phi) is 9.02. The SMILES string of the molecule is Cc1ccc(S(=O)(=O)N(CC(=O)NCCCOC(C)C)Cc2cccc(C)c2)cc1. The summed E-state index contributed by atoms with van der Waals surface area (Å²) in [4.78, 5) is 12.7. The highest BCUT2D eigenvalue weighted by atomic mass is 32.2. The summed E-state index contributed by atoms with van der Waals surface area (Å²) in [5.74, 6) is -0.331. The highest BCUT2D eigenvalue weighted by molar-refractivity contribution is 7.89. The zero-order chi connectivity index (χ0) is 22.1. The molecule has 0 saturated heterocycles. The van der Waals surface area contributed by atoms with Crippen LogP contribution in [0.15, 0.2) is 53.4 Å². The maximum Gasteiger partial charge on any atom is 0.243 e. The van der Waals surface area contributed by atoms with Crippen molar-refractivity contribution in [2.24, 2.45) is 0 Å². The molecule has 0 fully saturated rings. The van der Waals surface area contributed by atoms with E-state index in [1.165, 1.54) is 4.31 Å². The van der Waals surface area contributed by atoms with E-state index >= 15 is 0 Å². The third-order valence-corrected chi connectivity index (χ3v) is 6.32. The van der Waals surface area contributed by atoms with Gasteiger partial charge in [0.2, 0.25) is 15.9 Å². The first kappa shape index (κ1) is 24.1. The summed E-state index contributed by atoms with van der Waals surface area (Å²) >= 11 is 0. The number of sulfonamides is 1. The smallest absolute Gasteiger partial charge is 0.243 e. The largest absolute Gasteiger partial charge is 0.379 e. The second-order valence-electron chi connectivity index (χ2n) is 7.70. The number of aryl methyl sites for hydroxylation is 2. The molecule has 0 unspecified atom stereocenters. The van der Waals surface area contributed by atoms with Crippen LogP contribution in [0.2, 0.25) is 0 Å². The molecule has 2 aromatic rings. The second-order valence-corrected chi connectivity index (χ2v) is 9.64. The van der Waals surface area contributed by atoms with Gasteiger partial charge in [0.25, 0.3) is 0 Å². The number of nitrogens with zero attached hydrogens (tertiary/aromatic N) is 1. The minimum Gasteiger partial charge on any atom is -0.379 e. The Balaban J connectivity index is 2.13. The summed E-state index contributed by atoms with van der Waals surface area (Å²) in [7, 11) is -3.82. The molecule has 30 heavy (non-hydrogen) atoms. The molecular formula is C23H32N2O4S. The summed E-state index contributed by atoms with van der Waals surface area (Å²) in [5, 5.41) is 2.79. The lowest BCUT2D eigenvalue weighted by Gasteiger charge is -2.22. The number of hydrogen-bond acceptors (Lipinski definition) is 4. The van der Waals surface area contributed by atoms with E-state index in [1.807, 2.05) is 52.0 Å². The molecule has 0 aliphatic carbocycles. The minimum atomic E-state index is -3.82. The number of nitrogens with one attached hydrogen (secondary N) is 1. The van der Waals surface area contributed by atoms with E-state index in [4.69, 9.17) is 4.74 Å². The van der Waals surface area contributed by atoms with Crippen LogP contribution < -0.4 is 5.32 Å². The summed E-state index contributed by atoms with van der Waals surface area (Å²) in [6, 6.07) is 14.3. The van der Waals surface area contributed by atoms with Gasteiger partial charge in [0.15, 0.2) is 0 Å². The van der Waals surface area contributed by atoms with Crippen molar-refractivity contribution in [2.75, 3.05) is 19.7 Å². The van der Waals surface area contributed by atoms with E-state index in [0.717, 1.165) is 16.7 Å². The average molecular weight is 433 g/mol. The van der Waals surface area contributed by atoms with Gasteiger partial charge in [-0.25, -0.2) is 8.42 Å². The fraction of sp³-hybridized carbons (Fsp3) is 0.435. The van der Waals surface area contributed by atoms with Crippen LogP contribution >= 0.6 is 0 Å². The van der Waals surface area contributed by atoms with Crippen LogP contribution in [-0.4, -0.2) is 44.4 Å². The predicted molar refractivity (Wildman–Crippen MR) is 119 cm³/mol. The molecule has 0 bridgehead atoms. The molecule has 0 aliphatic rings. The van der Waals surface area contributed by atoms with Crippen LogP contribution in [0.4, 0.5) is 0 Å². The van der Waals surface area contributed by atoms with Gasteiger partial charge in [-0.05, 0) is 51.8 Å². The van der Waals surface area contributed by atoms with Gasteiger partial charge in [-0.2, -0.15) is 4.31 Å². The standard InChI is InChI=1S/C23H32N2O4S/c1-18(2)29-14-6-13-24-23(26)17-25(16-21-8-5-7-20(4)15-21)30(27,28)22-11-9-19(3)10-12-22/h5,7-12,15,18H,6,13-14,16-17H2,1-4H3,(H,24,26). The summed E-state index contributed by atoms with van der Waals surface area (Å²) in [5.41, 5.74) is 2.85. The maximum atomic E-state index is 13.2. The number of carbonyl (C=O) groups excluding carboxylic acids is 1. The van der Waals surface area contributed by atoms with Gasteiger partial charge in [0, 0.05) is 19.7 Å². The molecule has 0 spiro atoms. The van der Waals surface area contributed by atoms with Gasteiger partial charge < -0.3 is 10.1 Å². The van der Waals surface area contributed by atoms with E-state index in [0.29, 0.717) is 19.6 Å². The van der Waals surface area contributed by atoms with Crippen LogP contribution in [0.5, 0.6) is 0 Å². The van der Waals surface area contributed by atoms with Gasteiger partial charge in [0.1, 0.15) is 0 Å². The van der Waals surface area contributed by atoms with Crippen molar-refractivity contribution in [2.45, 2.75) is 51.7 Å². The van der Waals surface area contributed by atoms with Gasteiger partial charge >= 0.3 is 0 Å². The van der Waals surface area contributed by atoms with Crippen LogP contribution in [0.1, 0.15) is 37.0 Å². The molecule has 1 amide bonds. The summed E-state index contributed by atoms with van der Waals surface area (Å²) < 4.78 is 33.2. The molecule has 2 rings (SSSR count). The highest BCUT2D eigenvalue weighted by Crippen LogP contribution is 2.19. The molecular weight excluding hydrogens is 400 g/mol. The van der Waals surface area contributed by atoms with Gasteiger partial charge in [-0.15, -0.1) is 0 Å². The highest BCUT2D eigenvalue weighted by Gasteiger charge is 2.26. The Labute approximate surface area is 180 Å². The third kappa shape index (κ3) is 7.55. The lowest BCUT2D eigenvalue weighted by atomic mass is 10.1. The number of carbonyl (C=O) groups is 1. The Bertz CT molecular complexity index is 924. The molecule has 0 saturated carbocycles. The molecule has 0 aromatic heterocycles. The van der Waals surface area contributed by atoms with Crippen molar-refractivity contribution in [1.82, 2.24) is 9.62 Å². The van der Waals surface area contributed by atoms with Crippen molar-refractivity contribution >= 4 is 15.9 Å². The van der Waals surface area contributed by atoms with Gasteiger partial charge in [-0.3, -0.25) is 4.79 Å². The molecule has 7 heteroatoms. The van der Waals surface area contributed by atoms with E-state index < -0.39 is 10.0 Å². The molecule has 0 heterocycles. The van der Waals surface area contributed by atoms with Crippen molar-refractivity contribution < 1.29 is 17.9 Å². The average Bonchev–Trinajstić information content (AvgIpc) is 2.67. The number of ether oxygens (including phenoxy) is 1. The Morgan fingerprint density at radius 2 is 1.77 bits per heavy atom. The molecule has 164 valence electrons. The molecule has 6 nitrogen and oxygen atoms in total. The Morgan fingerprint density at radius 1 is 1.07 bits per heavy atom. The first-order valence-electron chi connectivity index (χ1n) is 10.2. The van der Waals surface area contributed by atoms with Crippen LogP contribution in [0, 0.1) is 13.8 Å². The first-order chi connectivity index (χ1) is 14.2. The molecule has 0 atom stereocenters. The lowest BCUT2D eigenvalue weighted by molar-refractivity contribution is -0.121. The van der Waals surface area contributed by atoms with E-state index in [-0.39, 0.29) is 30.0 Å². The molecule has 0 aliphatic heterocycles. The monoisotopic (exact) mass is 432 g/mol.